The molecule has 1 aromatic rings. The fraction of sp³-hybridized carbons (Fsp3) is 0.579. The van der Waals surface area contributed by atoms with Gasteiger partial charge in [-0.3, -0.25) is 9.79 Å². The Bertz CT molecular complexity index is 782. The highest BCUT2D eigenvalue weighted by Crippen LogP contribution is 2.23. The number of amides is 1. The van der Waals surface area contributed by atoms with Gasteiger partial charge >= 0.3 is 0 Å². The van der Waals surface area contributed by atoms with Gasteiger partial charge in [-0.2, -0.15) is 0 Å². The molecule has 1 fully saturated rings. The summed E-state index contributed by atoms with van der Waals surface area (Å²) in [5.74, 6) is 0.623. The first-order chi connectivity index (χ1) is 12.7. The Morgan fingerprint density at radius 3 is 2.46 bits per heavy atom. The second kappa shape index (κ2) is 10.4. The minimum absolute atomic E-state index is 0. The molecule has 1 aliphatic heterocycles. The van der Waals surface area contributed by atoms with Crippen LogP contribution in [-0.2, 0) is 21.2 Å². The number of nitrogens with zero attached hydrogens (tertiary/aromatic N) is 3. The lowest BCUT2D eigenvalue weighted by molar-refractivity contribution is -0.130. The lowest BCUT2D eigenvalue weighted by Gasteiger charge is -2.39. The maximum absolute atomic E-state index is 12.6. The number of carbonyl (C=O) groups is 1. The van der Waals surface area contributed by atoms with Crippen LogP contribution in [0, 0.1) is 0 Å². The van der Waals surface area contributed by atoms with E-state index in [4.69, 9.17) is 0 Å². The van der Waals surface area contributed by atoms with E-state index < -0.39 is 14.6 Å². The lowest BCUT2D eigenvalue weighted by Crippen LogP contribution is -2.58. The van der Waals surface area contributed by atoms with Gasteiger partial charge in [0.1, 0.15) is 0 Å². The number of rotatable bonds is 5. The summed E-state index contributed by atoms with van der Waals surface area (Å²) in [6.07, 6.45) is 0. The topological polar surface area (TPSA) is 82.1 Å². The number of sulfone groups is 1. The second-order valence-electron chi connectivity index (χ2n) is 7.29. The molecule has 9 heteroatoms. The Morgan fingerprint density at radius 1 is 1.29 bits per heavy atom. The van der Waals surface area contributed by atoms with Gasteiger partial charge in [0.2, 0.25) is 5.91 Å². The van der Waals surface area contributed by atoms with Crippen molar-refractivity contribution in [2.75, 3.05) is 39.0 Å². The maximum Gasteiger partial charge on any atom is 0.242 e. The van der Waals surface area contributed by atoms with Crippen molar-refractivity contribution in [2.45, 2.75) is 32.1 Å². The summed E-state index contributed by atoms with van der Waals surface area (Å²) in [6, 6.07) is 9.87. The van der Waals surface area contributed by atoms with E-state index in [-0.39, 0.29) is 42.2 Å². The molecule has 1 N–H and O–H groups in total. The van der Waals surface area contributed by atoms with Gasteiger partial charge in [-0.15, -0.1) is 24.0 Å². The fourth-order valence-corrected chi connectivity index (χ4v) is 4.47. The summed E-state index contributed by atoms with van der Waals surface area (Å²) < 4.78 is 23.5. The van der Waals surface area contributed by atoms with Crippen LogP contribution in [-0.4, -0.2) is 73.8 Å². The zero-order valence-corrected chi connectivity index (χ0v) is 20.2. The Labute approximate surface area is 185 Å². The van der Waals surface area contributed by atoms with Crippen LogP contribution in [0.5, 0.6) is 0 Å². The molecule has 1 saturated heterocycles. The molecule has 0 aromatic heterocycles. The number of carbonyl (C=O) groups excluding carboxylic acids is 1. The van der Waals surface area contributed by atoms with Gasteiger partial charge in [0.05, 0.1) is 17.0 Å². The van der Waals surface area contributed by atoms with Crippen LogP contribution in [0.3, 0.4) is 0 Å². The van der Waals surface area contributed by atoms with Crippen molar-refractivity contribution in [3.63, 3.8) is 0 Å². The predicted octanol–water partition coefficient (Wildman–Crippen LogP) is 1.74. The molecule has 1 aromatic carbocycles. The number of hydrogen-bond acceptors (Lipinski definition) is 4. The Hall–Kier alpha value is -1.36. The van der Waals surface area contributed by atoms with E-state index >= 15 is 0 Å². The predicted molar refractivity (Wildman–Crippen MR) is 124 cm³/mol. The Morgan fingerprint density at radius 2 is 1.93 bits per heavy atom. The standard InChI is InChI=1S/C19H30N4O3S.HI/c1-5-22(14-16-9-7-6-8-10-16)17(24)13-21-18(20-4)23-11-12-27(25,26)19(2,3)15-23;/h6-10H,5,11-15H2,1-4H3,(H,20,21);1H. The second-order valence-corrected chi connectivity index (χ2v) is 10.0. The fourth-order valence-electron chi connectivity index (χ4n) is 3.10. The summed E-state index contributed by atoms with van der Waals surface area (Å²) in [4.78, 5) is 20.5. The van der Waals surface area contributed by atoms with E-state index in [0.29, 0.717) is 32.1 Å². The van der Waals surface area contributed by atoms with Gasteiger partial charge in [-0.25, -0.2) is 8.42 Å². The van der Waals surface area contributed by atoms with E-state index in [2.05, 4.69) is 10.3 Å². The minimum atomic E-state index is -3.12. The van der Waals surface area contributed by atoms with Crippen molar-refractivity contribution in [1.82, 2.24) is 15.1 Å². The van der Waals surface area contributed by atoms with Gasteiger partial charge in [-0.05, 0) is 26.3 Å². The van der Waals surface area contributed by atoms with Crippen molar-refractivity contribution in [2.24, 2.45) is 4.99 Å². The molecule has 0 atom stereocenters. The van der Waals surface area contributed by atoms with Crippen LogP contribution in [0.2, 0.25) is 0 Å². The first-order valence-electron chi connectivity index (χ1n) is 9.20. The molecule has 28 heavy (non-hydrogen) atoms. The Balaban J connectivity index is 0.00000392. The van der Waals surface area contributed by atoms with Crippen LogP contribution in [0.25, 0.3) is 0 Å². The van der Waals surface area contributed by atoms with Gasteiger partial charge in [0.15, 0.2) is 15.8 Å². The zero-order valence-electron chi connectivity index (χ0n) is 17.0. The third-order valence-corrected chi connectivity index (χ3v) is 7.44. The van der Waals surface area contributed by atoms with Crippen molar-refractivity contribution < 1.29 is 13.2 Å². The number of benzene rings is 1. The molecule has 0 spiro atoms. The van der Waals surface area contributed by atoms with Crippen LogP contribution < -0.4 is 5.32 Å². The monoisotopic (exact) mass is 522 g/mol. The van der Waals surface area contributed by atoms with Gasteiger partial charge in [0, 0.05) is 33.2 Å². The first kappa shape index (κ1) is 24.7. The van der Waals surface area contributed by atoms with E-state index in [1.54, 1.807) is 25.8 Å². The smallest absolute Gasteiger partial charge is 0.242 e. The SMILES string of the molecule is CCN(Cc1ccccc1)C(=O)CNC(=NC)N1CCS(=O)(=O)C(C)(C)C1.I. The number of guanidine groups is 1. The van der Waals surface area contributed by atoms with Crippen molar-refractivity contribution >= 4 is 45.7 Å². The molecule has 158 valence electrons. The quantitative estimate of drug-likeness (QED) is 0.362. The molecule has 0 aliphatic carbocycles. The maximum atomic E-state index is 12.6. The average molecular weight is 522 g/mol. The highest BCUT2D eigenvalue weighted by molar-refractivity contribution is 14.0. The number of aliphatic imine (C=N–C) groups is 1. The average Bonchev–Trinajstić information content (AvgIpc) is 2.63. The highest BCUT2D eigenvalue weighted by atomic mass is 127. The van der Waals surface area contributed by atoms with Crippen LogP contribution in [0.4, 0.5) is 0 Å². The minimum Gasteiger partial charge on any atom is -0.347 e. The molecule has 0 saturated carbocycles. The number of nitrogens with one attached hydrogen (secondary N) is 1. The van der Waals surface area contributed by atoms with E-state index in [0.717, 1.165) is 5.56 Å². The van der Waals surface area contributed by atoms with Crippen molar-refractivity contribution in [3.05, 3.63) is 35.9 Å². The summed E-state index contributed by atoms with van der Waals surface area (Å²) in [7, 11) is -1.48. The Kier molecular flexibility index (Phi) is 9.19. The lowest BCUT2D eigenvalue weighted by atomic mass is 10.2. The van der Waals surface area contributed by atoms with E-state index in [1.807, 2.05) is 42.2 Å². The number of likely N-dealkylation sites (N-methyl/N-ethyl adjacent to an activating group) is 1. The van der Waals surface area contributed by atoms with Gasteiger partial charge in [0.25, 0.3) is 0 Å². The molecule has 1 amide bonds. The molecular weight excluding hydrogens is 491 g/mol. The van der Waals surface area contributed by atoms with Crippen LogP contribution in [0.1, 0.15) is 26.3 Å². The molecule has 1 heterocycles. The third-order valence-electron chi connectivity index (χ3n) is 4.90. The summed E-state index contributed by atoms with van der Waals surface area (Å²) in [5, 5.41) is 3.09. The molecule has 0 radical (unpaired) electrons. The molecule has 7 nitrogen and oxygen atoms in total. The van der Waals surface area contributed by atoms with E-state index in [9.17, 15) is 13.2 Å². The van der Waals surface area contributed by atoms with Crippen molar-refractivity contribution in [3.8, 4) is 0 Å². The van der Waals surface area contributed by atoms with E-state index in [1.165, 1.54) is 0 Å². The van der Waals surface area contributed by atoms with Gasteiger partial charge < -0.3 is 15.1 Å². The molecular formula is C19H31IN4O3S. The summed E-state index contributed by atoms with van der Waals surface area (Å²) >= 11 is 0. The normalized spacial score (nSPS) is 18.1. The molecule has 1 aliphatic rings. The van der Waals surface area contributed by atoms with Crippen LogP contribution in [0.15, 0.2) is 35.3 Å². The largest absolute Gasteiger partial charge is 0.347 e. The number of hydrogen-bond donors (Lipinski definition) is 1. The van der Waals surface area contributed by atoms with Crippen LogP contribution >= 0.6 is 24.0 Å². The highest BCUT2D eigenvalue weighted by Gasteiger charge is 2.41. The number of halogens is 1. The summed E-state index contributed by atoms with van der Waals surface area (Å²) in [6.45, 7) is 7.43. The molecule has 2 rings (SSSR count). The van der Waals surface area contributed by atoms with Crippen molar-refractivity contribution in [1.29, 1.82) is 0 Å². The zero-order chi connectivity index (χ0) is 20.1. The summed E-state index contributed by atoms with van der Waals surface area (Å²) in [5.41, 5.74) is 1.08. The first-order valence-corrected chi connectivity index (χ1v) is 10.8. The molecule has 0 unspecified atom stereocenters. The third kappa shape index (κ3) is 6.07. The van der Waals surface area contributed by atoms with Gasteiger partial charge in [-0.1, -0.05) is 30.3 Å². The molecule has 0 bridgehead atoms.